The second-order valence-corrected chi connectivity index (χ2v) is 8.07. The molecule has 6 heteroatoms. The van der Waals surface area contributed by atoms with E-state index in [0.717, 1.165) is 39.4 Å². The first-order valence-electron chi connectivity index (χ1n) is 6.61. The van der Waals surface area contributed by atoms with Crippen LogP contribution in [0, 0.1) is 0 Å². The number of nitrogens with zero attached hydrogens (tertiary/aromatic N) is 2. The van der Waals surface area contributed by atoms with Crippen LogP contribution in [0.25, 0.3) is 0 Å². The van der Waals surface area contributed by atoms with Crippen LogP contribution in [0.4, 0.5) is 11.5 Å². The van der Waals surface area contributed by atoms with Gasteiger partial charge in [0.1, 0.15) is 0 Å². The molecule has 2 aromatic rings. The number of nitrogens with one attached hydrogen (secondary N) is 1. The Balaban J connectivity index is 1.73. The SMILES string of the molecule is Brc1cc(CNc2cccnc2N2CCCC2)sc1Br. The minimum absolute atomic E-state index is 0.821. The van der Waals surface area contributed by atoms with Gasteiger partial charge in [0.2, 0.25) is 0 Å². The zero-order valence-electron chi connectivity index (χ0n) is 10.9. The normalized spacial score (nSPS) is 14.8. The van der Waals surface area contributed by atoms with Gasteiger partial charge >= 0.3 is 0 Å². The summed E-state index contributed by atoms with van der Waals surface area (Å²) in [6.07, 6.45) is 4.40. The molecule has 1 fully saturated rings. The van der Waals surface area contributed by atoms with E-state index in [4.69, 9.17) is 0 Å². The molecule has 3 heterocycles. The number of aromatic nitrogens is 1. The molecule has 0 aliphatic carbocycles. The smallest absolute Gasteiger partial charge is 0.151 e. The highest BCUT2D eigenvalue weighted by molar-refractivity contribution is 9.13. The minimum atomic E-state index is 0.821. The molecule has 0 unspecified atom stereocenters. The van der Waals surface area contributed by atoms with Gasteiger partial charge in [-0.1, -0.05) is 0 Å². The molecule has 1 saturated heterocycles. The van der Waals surface area contributed by atoms with Crippen LogP contribution in [-0.2, 0) is 6.54 Å². The third kappa shape index (κ3) is 3.18. The van der Waals surface area contributed by atoms with E-state index < -0.39 is 0 Å². The Morgan fingerprint density at radius 1 is 1.30 bits per heavy atom. The Labute approximate surface area is 139 Å². The molecule has 20 heavy (non-hydrogen) atoms. The molecule has 3 nitrogen and oxygen atoms in total. The molecule has 3 rings (SSSR count). The fourth-order valence-corrected chi connectivity index (χ4v) is 4.49. The largest absolute Gasteiger partial charge is 0.377 e. The fourth-order valence-electron chi connectivity index (χ4n) is 2.38. The molecule has 0 spiro atoms. The molecule has 1 aliphatic rings. The Bertz CT molecular complexity index is 574. The fraction of sp³-hybridized carbons (Fsp3) is 0.357. The van der Waals surface area contributed by atoms with Crippen molar-refractivity contribution in [1.29, 1.82) is 0 Å². The number of hydrogen-bond donors (Lipinski definition) is 1. The van der Waals surface area contributed by atoms with E-state index in [1.165, 1.54) is 17.7 Å². The lowest BCUT2D eigenvalue weighted by molar-refractivity contribution is 0.935. The van der Waals surface area contributed by atoms with Crippen LogP contribution in [0.3, 0.4) is 0 Å². The summed E-state index contributed by atoms with van der Waals surface area (Å²) in [5, 5.41) is 3.51. The van der Waals surface area contributed by atoms with Gasteiger partial charge in [-0.3, -0.25) is 0 Å². The van der Waals surface area contributed by atoms with Crippen LogP contribution < -0.4 is 10.2 Å². The van der Waals surface area contributed by atoms with Gasteiger partial charge in [0.15, 0.2) is 5.82 Å². The van der Waals surface area contributed by atoms with E-state index in [2.05, 4.69) is 59.2 Å². The van der Waals surface area contributed by atoms with Gasteiger partial charge in [0, 0.05) is 35.2 Å². The van der Waals surface area contributed by atoms with Crippen LogP contribution in [0.15, 0.2) is 32.7 Å². The molecule has 106 valence electrons. The van der Waals surface area contributed by atoms with Gasteiger partial charge in [-0.2, -0.15) is 0 Å². The van der Waals surface area contributed by atoms with Gasteiger partial charge in [0.05, 0.1) is 9.47 Å². The first kappa shape index (κ1) is 14.4. The van der Waals surface area contributed by atoms with Crippen LogP contribution in [0.2, 0.25) is 0 Å². The lowest BCUT2D eigenvalue weighted by atomic mass is 10.3. The average molecular weight is 417 g/mol. The first-order valence-corrected chi connectivity index (χ1v) is 9.02. The van der Waals surface area contributed by atoms with Gasteiger partial charge < -0.3 is 10.2 Å². The molecule has 0 bridgehead atoms. The van der Waals surface area contributed by atoms with E-state index in [1.54, 1.807) is 11.3 Å². The topological polar surface area (TPSA) is 28.2 Å². The zero-order chi connectivity index (χ0) is 13.9. The highest BCUT2D eigenvalue weighted by Crippen LogP contribution is 2.33. The predicted octanol–water partition coefficient (Wildman–Crippen LogP) is 4.88. The van der Waals surface area contributed by atoms with Crippen LogP contribution in [0.1, 0.15) is 17.7 Å². The summed E-state index contributed by atoms with van der Waals surface area (Å²) in [5.41, 5.74) is 1.12. The third-order valence-electron chi connectivity index (χ3n) is 3.34. The van der Waals surface area contributed by atoms with Crippen molar-refractivity contribution in [3.8, 4) is 0 Å². The maximum absolute atomic E-state index is 4.54. The van der Waals surface area contributed by atoms with Crippen molar-refractivity contribution >= 4 is 54.7 Å². The van der Waals surface area contributed by atoms with Gasteiger partial charge in [0.25, 0.3) is 0 Å². The minimum Gasteiger partial charge on any atom is -0.377 e. The van der Waals surface area contributed by atoms with Crippen molar-refractivity contribution in [2.24, 2.45) is 0 Å². The van der Waals surface area contributed by atoms with Crippen molar-refractivity contribution in [2.75, 3.05) is 23.3 Å². The van der Waals surface area contributed by atoms with Crippen molar-refractivity contribution in [1.82, 2.24) is 4.98 Å². The number of pyridine rings is 1. The molecule has 2 aromatic heterocycles. The van der Waals surface area contributed by atoms with Crippen LogP contribution in [-0.4, -0.2) is 18.1 Å². The molecule has 1 aliphatic heterocycles. The summed E-state index contributed by atoms with van der Waals surface area (Å²) >= 11 is 8.80. The number of halogens is 2. The highest BCUT2D eigenvalue weighted by atomic mass is 79.9. The zero-order valence-corrected chi connectivity index (χ0v) is 14.9. The molecule has 0 radical (unpaired) electrons. The molecular formula is C14H15Br2N3S. The third-order valence-corrected chi connectivity index (χ3v) is 6.60. The van der Waals surface area contributed by atoms with Crippen LogP contribution >= 0.6 is 43.2 Å². The maximum atomic E-state index is 4.54. The van der Waals surface area contributed by atoms with Gasteiger partial charge in [-0.25, -0.2) is 4.98 Å². The Morgan fingerprint density at radius 2 is 2.10 bits per heavy atom. The second-order valence-electron chi connectivity index (χ2n) is 4.76. The van der Waals surface area contributed by atoms with Crippen molar-refractivity contribution in [2.45, 2.75) is 19.4 Å². The number of anilines is 2. The van der Waals surface area contributed by atoms with Gasteiger partial charge in [-0.15, -0.1) is 11.3 Å². The van der Waals surface area contributed by atoms with E-state index in [0.29, 0.717) is 0 Å². The molecule has 1 N–H and O–H groups in total. The lowest BCUT2D eigenvalue weighted by Crippen LogP contribution is -2.20. The Kier molecular flexibility index (Phi) is 4.63. The predicted molar refractivity (Wildman–Crippen MR) is 92.7 cm³/mol. The van der Waals surface area contributed by atoms with Crippen molar-refractivity contribution in [3.05, 3.63) is 37.5 Å². The molecular weight excluding hydrogens is 402 g/mol. The molecule has 0 aromatic carbocycles. The maximum Gasteiger partial charge on any atom is 0.151 e. The second kappa shape index (κ2) is 6.45. The molecule has 0 saturated carbocycles. The van der Waals surface area contributed by atoms with E-state index in [1.807, 2.05) is 12.3 Å². The van der Waals surface area contributed by atoms with E-state index in [-0.39, 0.29) is 0 Å². The van der Waals surface area contributed by atoms with Crippen molar-refractivity contribution < 1.29 is 0 Å². The molecule has 0 atom stereocenters. The van der Waals surface area contributed by atoms with E-state index >= 15 is 0 Å². The summed E-state index contributed by atoms with van der Waals surface area (Å²) in [6, 6.07) is 6.24. The summed E-state index contributed by atoms with van der Waals surface area (Å²) in [6.45, 7) is 3.05. The number of rotatable bonds is 4. The van der Waals surface area contributed by atoms with Crippen LogP contribution in [0.5, 0.6) is 0 Å². The molecule has 0 amide bonds. The quantitative estimate of drug-likeness (QED) is 0.769. The summed E-state index contributed by atoms with van der Waals surface area (Å²) in [4.78, 5) is 8.20. The van der Waals surface area contributed by atoms with E-state index in [9.17, 15) is 0 Å². The monoisotopic (exact) mass is 415 g/mol. The average Bonchev–Trinajstić information content (AvgIpc) is 3.08. The lowest BCUT2D eigenvalue weighted by Gasteiger charge is -2.20. The standard InChI is InChI=1S/C14H15Br2N3S/c15-11-8-10(20-13(11)16)9-18-12-4-3-5-17-14(12)19-6-1-2-7-19/h3-5,8,18H,1-2,6-7,9H2. The Hall–Kier alpha value is -0.590. The van der Waals surface area contributed by atoms with Gasteiger partial charge in [-0.05, 0) is 62.9 Å². The summed E-state index contributed by atoms with van der Waals surface area (Å²) in [5.74, 6) is 1.08. The number of thiophene rings is 1. The Morgan fingerprint density at radius 3 is 2.80 bits per heavy atom. The van der Waals surface area contributed by atoms with Crippen molar-refractivity contribution in [3.63, 3.8) is 0 Å². The summed E-state index contributed by atoms with van der Waals surface area (Å²) < 4.78 is 2.26. The summed E-state index contributed by atoms with van der Waals surface area (Å²) in [7, 11) is 0. The first-order chi connectivity index (χ1) is 9.74. The highest BCUT2D eigenvalue weighted by Gasteiger charge is 2.16. The number of hydrogen-bond acceptors (Lipinski definition) is 4.